The number of imide groups is 1. The van der Waals surface area contributed by atoms with Crippen molar-refractivity contribution in [3.05, 3.63) is 29.8 Å². The number of nitrogens with one attached hydrogen (secondary N) is 2. The van der Waals surface area contributed by atoms with E-state index in [9.17, 15) is 27.6 Å². The maximum atomic E-state index is 11.9. The van der Waals surface area contributed by atoms with Crippen molar-refractivity contribution in [3.63, 3.8) is 0 Å². The highest BCUT2D eigenvalue weighted by molar-refractivity contribution is 5.95. The zero-order valence-electron chi connectivity index (χ0n) is 13.3. The molecule has 3 amide bonds. The van der Waals surface area contributed by atoms with Crippen molar-refractivity contribution in [1.29, 1.82) is 0 Å². The van der Waals surface area contributed by atoms with Gasteiger partial charge in [0, 0.05) is 6.42 Å². The van der Waals surface area contributed by atoms with E-state index in [-0.39, 0.29) is 6.42 Å². The molecular formula is C15H17F3N2O5. The van der Waals surface area contributed by atoms with Crippen molar-refractivity contribution in [2.24, 2.45) is 0 Å². The maximum Gasteiger partial charge on any atom is 0.405 e. The fraction of sp³-hybridized carbons (Fsp3) is 0.400. The van der Waals surface area contributed by atoms with Gasteiger partial charge in [-0.2, -0.15) is 13.2 Å². The van der Waals surface area contributed by atoms with E-state index in [1.807, 2.05) is 0 Å². The van der Waals surface area contributed by atoms with E-state index in [4.69, 9.17) is 4.74 Å². The molecule has 0 aliphatic rings. The number of carbonyl (C=O) groups is 3. The van der Waals surface area contributed by atoms with Crippen LogP contribution in [0.15, 0.2) is 24.3 Å². The van der Waals surface area contributed by atoms with E-state index in [1.54, 1.807) is 29.6 Å². The molecule has 0 aliphatic carbocycles. The minimum atomic E-state index is -4.59. The molecule has 1 aromatic rings. The second kappa shape index (κ2) is 9.50. The molecule has 0 radical (unpaired) electrons. The number of carbonyl (C=O) groups excluding carboxylic acids is 3. The fourth-order valence-corrected chi connectivity index (χ4v) is 1.75. The van der Waals surface area contributed by atoms with Crippen LogP contribution in [-0.4, -0.2) is 44.3 Å². The SMILES string of the molecule is COc1ccccc1CCC(=O)OCC(=O)NC(=O)NCC(F)(F)F. The van der Waals surface area contributed by atoms with E-state index in [2.05, 4.69) is 4.74 Å². The Bertz CT molecular complexity index is 619. The second-order valence-corrected chi connectivity index (χ2v) is 4.82. The molecule has 7 nitrogen and oxygen atoms in total. The molecule has 10 heteroatoms. The molecule has 0 aliphatic heterocycles. The van der Waals surface area contributed by atoms with E-state index in [0.717, 1.165) is 5.56 Å². The number of ether oxygens (including phenoxy) is 2. The molecule has 0 heterocycles. The lowest BCUT2D eigenvalue weighted by molar-refractivity contribution is -0.148. The van der Waals surface area contributed by atoms with Gasteiger partial charge in [-0.1, -0.05) is 18.2 Å². The molecule has 0 bridgehead atoms. The first-order valence-electron chi connectivity index (χ1n) is 7.13. The lowest BCUT2D eigenvalue weighted by Gasteiger charge is -2.10. The number of benzene rings is 1. The summed E-state index contributed by atoms with van der Waals surface area (Å²) in [7, 11) is 1.49. The van der Waals surface area contributed by atoms with Gasteiger partial charge < -0.3 is 14.8 Å². The number of rotatable bonds is 7. The summed E-state index contributed by atoms with van der Waals surface area (Å²) in [6.45, 7) is -2.35. The minimum Gasteiger partial charge on any atom is -0.496 e. The Kier molecular flexibility index (Phi) is 7.70. The molecular weight excluding hydrogens is 345 g/mol. The first-order chi connectivity index (χ1) is 11.7. The number of amides is 3. The van der Waals surface area contributed by atoms with Crippen LogP contribution < -0.4 is 15.4 Å². The molecule has 0 spiro atoms. The van der Waals surface area contributed by atoms with Crippen LogP contribution in [0.1, 0.15) is 12.0 Å². The van der Waals surface area contributed by atoms with Gasteiger partial charge in [-0.15, -0.1) is 0 Å². The van der Waals surface area contributed by atoms with E-state index in [0.29, 0.717) is 12.2 Å². The summed E-state index contributed by atoms with van der Waals surface area (Å²) in [6, 6.07) is 5.72. The summed E-state index contributed by atoms with van der Waals surface area (Å²) in [5.41, 5.74) is 0.776. The highest BCUT2D eigenvalue weighted by Gasteiger charge is 2.28. The summed E-state index contributed by atoms with van der Waals surface area (Å²) < 4.78 is 45.4. The summed E-state index contributed by atoms with van der Waals surface area (Å²) in [4.78, 5) is 33.9. The summed E-state index contributed by atoms with van der Waals surface area (Å²) in [5, 5.41) is 3.06. The Morgan fingerprint density at radius 1 is 1.16 bits per heavy atom. The van der Waals surface area contributed by atoms with Gasteiger partial charge in [-0.3, -0.25) is 14.9 Å². The third-order valence-corrected chi connectivity index (χ3v) is 2.86. The Labute approximate surface area is 141 Å². The van der Waals surface area contributed by atoms with Gasteiger partial charge in [-0.25, -0.2) is 4.79 Å². The van der Waals surface area contributed by atoms with Crippen LogP contribution in [0.5, 0.6) is 5.75 Å². The molecule has 138 valence electrons. The lowest BCUT2D eigenvalue weighted by Crippen LogP contribution is -2.44. The molecule has 0 saturated heterocycles. The van der Waals surface area contributed by atoms with Crippen molar-refractivity contribution in [3.8, 4) is 5.75 Å². The Hall–Kier alpha value is -2.78. The van der Waals surface area contributed by atoms with E-state index >= 15 is 0 Å². The number of alkyl halides is 3. The molecule has 0 fully saturated rings. The number of hydrogen-bond acceptors (Lipinski definition) is 5. The van der Waals surface area contributed by atoms with Crippen LogP contribution in [0, 0.1) is 0 Å². The van der Waals surface area contributed by atoms with Gasteiger partial charge in [0.15, 0.2) is 6.61 Å². The number of esters is 1. The average Bonchev–Trinajstić information content (AvgIpc) is 2.56. The molecule has 1 aromatic carbocycles. The van der Waals surface area contributed by atoms with Crippen LogP contribution >= 0.6 is 0 Å². The third-order valence-electron chi connectivity index (χ3n) is 2.86. The Morgan fingerprint density at radius 3 is 2.48 bits per heavy atom. The van der Waals surface area contributed by atoms with Crippen LogP contribution in [-0.2, 0) is 20.7 Å². The van der Waals surface area contributed by atoms with Gasteiger partial charge in [0.2, 0.25) is 0 Å². The molecule has 25 heavy (non-hydrogen) atoms. The molecule has 0 aromatic heterocycles. The number of urea groups is 1. The van der Waals surface area contributed by atoms with Crippen LogP contribution in [0.4, 0.5) is 18.0 Å². The first-order valence-corrected chi connectivity index (χ1v) is 7.13. The number of halogens is 3. The zero-order valence-corrected chi connectivity index (χ0v) is 13.3. The van der Waals surface area contributed by atoms with Crippen LogP contribution in [0.25, 0.3) is 0 Å². The largest absolute Gasteiger partial charge is 0.496 e. The van der Waals surface area contributed by atoms with E-state index in [1.165, 1.54) is 12.4 Å². The topological polar surface area (TPSA) is 93.7 Å². The van der Waals surface area contributed by atoms with Crippen molar-refractivity contribution < 1.29 is 37.0 Å². The highest BCUT2D eigenvalue weighted by atomic mass is 19.4. The fourth-order valence-electron chi connectivity index (χ4n) is 1.75. The molecule has 0 saturated carbocycles. The quantitative estimate of drug-likeness (QED) is 0.718. The predicted octanol–water partition coefficient (Wildman–Crippen LogP) is 1.56. The Balaban J connectivity index is 2.29. The standard InChI is InChI=1S/C15H17F3N2O5/c1-24-11-5-3-2-4-10(11)6-7-13(22)25-8-12(21)20-14(23)19-9-15(16,17)18/h2-5H,6-9H2,1H3,(H2,19,20,21,23). The second-order valence-electron chi connectivity index (χ2n) is 4.82. The number of para-hydroxylation sites is 1. The van der Waals surface area contributed by atoms with Crippen molar-refractivity contribution in [2.75, 3.05) is 20.3 Å². The summed E-state index contributed by atoms with van der Waals surface area (Å²) in [5.74, 6) is -1.13. The minimum absolute atomic E-state index is 0.0338. The lowest BCUT2D eigenvalue weighted by atomic mass is 10.1. The third kappa shape index (κ3) is 8.58. The normalized spacial score (nSPS) is 10.7. The number of hydrogen-bond donors (Lipinski definition) is 2. The molecule has 1 rings (SSSR count). The zero-order chi connectivity index (χ0) is 18.9. The van der Waals surface area contributed by atoms with Gasteiger partial charge in [0.05, 0.1) is 7.11 Å². The van der Waals surface area contributed by atoms with Gasteiger partial charge in [0.25, 0.3) is 5.91 Å². The van der Waals surface area contributed by atoms with Crippen LogP contribution in [0.2, 0.25) is 0 Å². The van der Waals surface area contributed by atoms with Gasteiger partial charge >= 0.3 is 18.2 Å². The highest BCUT2D eigenvalue weighted by Crippen LogP contribution is 2.18. The van der Waals surface area contributed by atoms with Crippen LogP contribution in [0.3, 0.4) is 0 Å². The van der Waals surface area contributed by atoms with Crippen molar-refractivity contribution >= 4 is 17.9 Å². The molecule has 0 atom stereocenters. The molecule has 0 unspecified atom stereocenters. The monoisotopic (exact) mass is 362 g/mol. The Morgan fingerprint density at radius 2 is 1.84 bits per heavy atom. The number of methoxy groups -OCH3 is 1. The van der Waals surface area contributed by atoms with Gasteiger partial charge in [-0.05, 0) is 18.1 Å². The van der Waals surface area contributed by atoms with Gasteiger partial charge in [0.1, 0.15) is 12.3 Å². The average molecular weight is 362 g/mol. The van der Waals surface area contributed by atoms with E-state index < -0.39 is 37.2 Å². The summed E-state index contributed by atoms with van der Waals surface area (Å²) in [6.07, 6.45) is -4.31. The maximum absolute atomic E-state index is 11.9. The smallest absolute Gasteiger partial charge is 0.405 e. The first kappa shape index (κ1) is 20.3. The number of aryl methyl sites for hydroxylation is 1. The predicted molar refractivity (Wildman–Crippen MR) is 79.9 cm³/mol. The summed E-state index contributed by atoms with van der Waals surface area (Å²) >= 11 is 0. The molecule has 2 N–H and O–H groups in total. The van der Waals surface area contributed by atoms with Crippen molar-refractivity contribution in [1.82, 2.24) is 10.6 Å². The van der Waals surface area contributed by atoms with Crippen molar-refractivity contribution in [2.45, 2.75) is 19.0 Å².